The van der Waals surface area contributed by atoms with Crippen molar-refractivity contribution in [1.29, 1.82) is 0 Å². The third-order valence-corrected chi connectivity index (χ3v) is 12.1. The van der Waals surface area contributed by atoms with Crippen LogP contribution in [-0.2, 0) is 37.3 Å². The maximum absolute atomic E-state index is 6.56. The van der Waals surface area contributed by atoms with E-state index in [2.05, 4.69) is 155 Å². The van der Waals surface area contributed by atoms with E-state index < -0.39 is 0 Å². The molecule has 0 aliphatic carbocycles. The van der Waals surface area contributed by atoms with Crippen molar-refractivity contribution in [2.75, 3.05) is 14.7 Å². The Bertz CT molecular complexity index is 2340. The molecule has 284 valence electrons. The van der Waals surface area contributed by atoms with E-state index in [1.54, 1.807) is 0 Å². The number of rotatable bonds is 5. The molecule has 0 spiro atoms. The molecule has 0 radical (unpaired) electrons. The van der Waals surface area contributed by atoms with Crippen LogP contribution in [0.25, 0.3) is 0 Å². The van der Waals surface area contributed by atoms with Crippen molar-refractivity contribution in [1.82, 2.24) is 15.0 Å². The summed E-state index contributed by atoms with van der Waals surface area (Å²) in [7, 11) is 0. The number of ether oxygens (including phenoxy) is 1. The molecule has 8 rings (SSSR count). The van der Waals surface area contributed by atoms with Crippen LogP contribution in [0.15, 0.2) is 104 Å². The summed E-state index contributed by atoms with van der Waals surface area (Å²) in [5, 5.41) is 0. The summed E-state index contributed by atoms with van der Waals surface area (Å²) >= 11 is 0.0751. The van der Waals surface area contributed by atoms with Gasteiger partial charge >= 0.3 is 240 Å². The molecule has 0 fully saturated rings. The van der Waals surface area contributed by atoms with Crippen molar-refractivity contribution in [3.05, 3.63) is 139 Å². The third-order valence-electron chi connectivity index (χ3n) is 9.79. The normalized spacial score (nSPS) is 13.9. The average Bonchev–Trinajstić information content (AvgIpc) is 3.53. The van der Waals surface area contributed by atoms with Crippen molar-refractivity contribution in [3.8, 4) is 11.5 Å². The summed E-state index contributed by atoms with van der Waals surface area (Å²) in [6.07, 6.45) is 7.53. The van der Waals surface area contributed by atoms with Gasteiger partial charge in [-0.25, -0.2) is 0 Å². The predicted octanol–water partition coefficient (Wildman–Crippen LogP) is 10.0. The van der Waals surface area contributed by atoms with Crippen molar-refractivity contribution >= 4 is 64.0 Å². The Balaban J connectivity index is 0.00000465. The Labute approximate surface area is 346 Å². The Morgan fingerprint density at radius 3 is 2.09 bits per heavy atom. The third kappa shape index (κ3) is 7.70. The maximum Gasteiger partial charge on any atom is 0 e. The topological polar surface area (TPSA) is 57.6 Å². The summed E-state index contributed by atoms with van der Waals surface area (Å²) in [6.45, 7) is 22.4. The van der Waals surface area contributed by atoms with Gasteiger partial charge in [-0.1, -0.05) is 47.6 Å². The van der Waals surface area contributed by atoms with Gasteiger partial charge in [0.2, 0.25) is 0 Å². The summed E-state index contributed by atoms with van der Waals surface area (Å²) in [5.41, 5.74) is 8.58. The van der Waals surface area contributed by atoms with Gasteiger partial charge in [-0.15, -0.1) is 0 Å². The van der Waals surface area contributed by atoms with Crippen LogP contribution >= 0.6 is 0 Å². The molecule has 0 saturated heterocycles. The van der Waals surface area contributed by atoms with Gasteiger partial charge in [-0.2, -0.15) is 0 Å². The van der Waals surface area contributed by atoms with Crippen LogP contribution < -0.4 is 28.4 Å². The Morgan fingerprint density at radius 1 is 0.636 bits per heavy atom. The molecule has 2 aliphatic rings. The van der Waals surface area contributed by atoms with Gasteiger partial charge in [0.05, 0.1) is 0 Å². The number of fused-ring (bicyclic) bond motifs is 3. The molecule has 0 saturated carbocycles. The predicted molar refractivity (Wildman–Crippen MR) is 221 cm³/mol. The maximum atomic E-state index is 6.56. The first-order chi connectivity index (χ1) is 25.6. The minimum absolute atomic E-state index is 0. The second-order valence-electron chi connectivity index (χ2n) is 16.9. The van der Waals surface area contributed by atoms with E-state index in [-0.39, 0.29) is 52.3 Å². The van der Waals surface area contributed by atoms with E-state index in [0.717, 1.165) is 40.1 Å². The number of anilines is 7. The SMILES string of the molecule is CC(C)(C)c1cc(N2[CH-]N(c3[c-]c(Oc4[c-]c5c(cc4)[Se]c4ccncc4N5c4cc(C(C)(C)C)ccn4)ccc3)c3cccnc32)cc(C(C)(C)C)c1.[Pt]. The number of hydrogen-bond acceptors (Lipinski definition) is 7. The molecule has 0 atom stereocenters. The molecule has 0 bridgehead atoms. The van der Waals surface area contributed by atoms with Crippen LogP contribution in [0, 0.1) is 18.8 Å². The van der Waals surface area contributed by atoms with Crippen molar-refractivity contribution in [2.24, 2.45) is 0 Å². The van der Waals surface area contributed by atoms with Gasteiger partial charge in [0, 0.05) is 27.3 Å². The number of aromatic nitrogens is 3. The van der Waals surface area contributed by atoms with Crippen molar-refractivity contribution in [3.63, 3.8) is 0 Å². The van der Waals surface area contributed by atoms with Crippen LogP contribution in [0.2, 0.25) is 0 Å². The minimum atomic E-state index is -0.0280. The zero-order valence-electron chi connectivity index (χ0n) is 32.7. The quantitative estimate of drug-likeness (QED) is 0.126. The van der Waals surface area contributed by atoms with Crippen LogP contribution in [0.1, 0.15) is 79.0 Å². The molecule has 6 aromatic rings. The standard InChI is InChI=1S/C46H45N6OSe.Pt/c1-44(2,3)30-17-21-48-42(25-30)52-38-27-36(15-16-40(38)54-41-18-20-47-28-39(41)52)53-35-13-10-12-33(26-35)50-29-51(43-37(50)14-11-19-49-43)34-23-31(45(4,5)6)22-32(24-34)46(7,8)9;/h10-25,28-29H,1-9H3;/q-3;. The molecule has 0 N–H and O–H groups in total. The Kier molecular flexibility index (Phi) is 10.3. The van der Waals surface area contributed by atoms with Gasteiger partial charge in [0.1, 0.15) is 0 Å². The fourth-order valence-electron chi connectivity index (χ4n) is 6.62. The summed E-state index contributed by atoms with van der Waals surface area (Å²) < 4.78 is 9.02. The Morgan fingerprint density at radius 2 is 1.36 bits per heavy atom. The monoisotopic (exact) mass is 972 g/mol. The van der Waals surface area contributed by atoms with Crippen LogP contribution in [0.4, 0.5) is 40.1 Å². The van der Waals surface area contributed by atoms with Gasteiger partial charge in [-0.05, 0) is 34.1 Å². The second-order valence-corrected chi connectivity index (χ2v) is 19.2. The summed E-state index contributed by atoms with van der Waals surface area (Å²) in [6, 6.07) is 34.7. The van der Waals surface area contributed by atoms with E-state index in [4.69, 9.17) is 14.7 Å². The van der Waals surface area contributed by atoms with Crippen LogP contribution in [0.3, 0.4) is 0 Å². The summed E-state index contributed by atoms with van der Waals surface area (Å²) in [5.74, 6) is 2.89. The molecule has 9 heteroatoms. The zero-order chi connectivity index (χ0) is 38.0. The molecular weight excluding hydrogens is 927 g/mol. The second kappa shape index (κ2) is 14.5. The van der Waals surface area contributed by atoms with Crippen LogP contribution in [0.5, 0.6) is 11.5 Å². The van der Waals surface area contributed by atoms with Gasteiger partial charge in [0.15, 0.2) is 0 Å². The number of pyridine rings is 3. The first kappa shape index (κ1) is 38.8. The van der Waals surface area contributed by atoms with Crippen molar-refractivity contribution < 1.29 is 25.8 Å². The fourth-order valence-corrected chi connectivity index (χ4v) is 8.69. The number of hydrogen-bond donors (Lipinski definition) is 0. The smallest absolute Gasteiger partial charge is 0 e. The molecule has 5 heterocycles. The molecule has 3 aromatic heterocycles. The zero-order valence-corrected chi connectivity index (χ0v) is 36.7. The van der Waals surface area contributed by atoms with Gasteiger partial charge in [0.25, 0.3) is 0 Å². The van der Waals surface area contributed by atoms with E-state index >= 15 is 0 Å². The average molecular weight is 972 g/mol. The molecular formula is C46H45N6OPtSe-3. The molecule has 7 nitrogen and oxygen atoms in total. The molecule has 0 unspecified atom stereocenters. The minimum Gasteiger partial charge on any atom is -0.0561 e. The summed E-state index contributed by atoms with van der Waals surface area (Å²) in [4.78, 5) is 20.7. The van der Waals surface area contributed by atoms with E-state index in [1.807, 2.05) is 49.1 Å². The van der Waals surface area contributed by atoms with Gasteiger partial charge < -0.3 is 0 Å². The van der Waals surface area contributed by atoms with E-state index in [1.165, 1.54) is 25.6 Å². The molecule has 55 heavy (non-hydrogen) atoms. The molecule has 3 aromatic carbocycles. The number of benzene rings is 3. The molecule has 0 amide bonds. The molecule has 2 aliphatic heterocycles. The first-order valence-corrected chi connectivity index (χ1v) is 20.0. The van der Waals surface area contributed by atoms with Crippen molar-refractivity contribution in [2.45, 2.75) is 78.6 Å². The fraction of sp³-hybridized carbons (Fsp3) is 0.261. The van der Waals surface area contributed by atoms with Gasteiger partial charge in [-0.3, -0.25) is 0 Å². The largest absolute Gasteiger partial charge is 0.0561 e. The first-order valence-electron chi connectivity index (χ1n) is 18.3. The van der Waals surface area contributed by atoms with Crippen LogP contribution in [-0.4, -0.2) is 29.9 Å². The number of nitrogens with zero attached hydrogens (tertiary/aromatic N) is 6. The Hall–Kier alpha value is -4.48. The van der Waals surface area contributed by atoms with E-state index in [9.17, 15) is 0 Å². The van der Waals surface area contributed by atoms with E-state index in [0.29, 0.717) is 11.5 Å².